The topological polar surface area (TPSA) is 64.1 Å². The summed E-state index contributed by atoms with van der Waals surface area (Å²) in [5.41, 5.74) is 0.145. The summed E-state index contributed by atoms with van der Waals surface area (Å²) in [6.45, 7) is 9.27. The van der Waals surface area contributed by atoms with Crippen LogP contribution in [-0.2, 0) is 6.42 Å². The van der Waals surface area contributed by atoms with E-state index in [4.69, 9.17) is 8.83 Å². The molecule has 0 aliphatic carbocycles. The Morgan fingerprint density at radius 1 is 1.16 bits per heavy atom. The summed E-state index contributed by atoms with van der Waals surface area (Å²) in [5, 5.41) is 11.5. The molecule has 0 aliphatic rings. The Bertz CT molecular complexity index is 523. The fraction of sp³-hybridized carbons (Fsp3) is 0.571. The Labute approximate surface area is 113 Å². The molecule has 0 saturated carbocycles. The molecule has 0 radical (unpaired) electrons. The molecule has 104 valence electrons. The number of aryl methyl sites for hydroxylation is 2. The van der Waals surface area contributed by atoms with Crippen molar-refractivity contribution in [1.29, 1.82) is 0 Å². The molecule has 1 N–H and O–H groups in total. The van der Waals surface area contributed by atoms with Gasteiger partial charge in [0.05, 0.1) is 0 Å². The van der Waals surface area contributed by atoms with Crippen molar-refractivity contribution in [2.24, 2.45) is 0 Å². The second-order valence-electron chi connectivity index (χ2n) is 5.69. The van der Waals surface area contributed by atoms with E-state index >= 15 is 0 Å². The van der Waals surface area contributed by atoms with E-state index in [2.05, 4.69) is 36.3 Å². The van der Waals surface area contributed by atoms with Crippen LogP contribution in [0.4, 0.5) is 0 Å². The molecule has 0 fully saturated rings. The summed E-state index contributed by atoms with van der Waals surface area (Å²) in [6.07, 6.45) is 1.74. The van der Waals surface area contributed by atoms with Gasteiger partial charge in [0.2, 0.25) is 5.89 Å². The Morgan fingerprint density at radius 3 is 2.58 bits per heavy atom. The highest BCUT2D eigenvalue weighted by Crippen LogP contribution is 2.20. The normalized spacial score (nSPS) is 12.0. The molecule has 2 aromatic heterocycles. The Hall–Kier alpha value is -1.62. The largest absolute Gasteiger partial charge is 0.456 e. The fourth-order valence-electron chi connectivity index (χ4n) is 1.71. The highest BCUT2D eigenvalue weighted by Gasteiger charge is 2.12. The van der Waals surface area contributed by atoms with Crippen molar-refractivity contribution in [2.75, 3.05) is 6.54 Å². The van der Waals surface area contributed by atoms with Crippen LogP contribution in [0, 0.1) is 6.92 Å². The first-order valence-corrected chi connectivity index (χ1v) is 6.58. The van der Waals surface area contributed by atoms with E-state index < -0.39 is 0 Å². The lowest BCUT2D eigenvalue weighted by Gasteiger charge is -2.19. The Balaban J connectivity index is 1.85. The summed E-state index contributed by atoms with van der Waals surface area (Å²) in [7, 11) is 0. The molecule has 5 heteroatoms. The summed E-state index contributed by atoms with van der Waals surface area (Å²) in [4.78, 5) is 0. The third-order valence-corrected chi connectivity index (χ3v) is 2.64. The molecule has 0 atom stereocenters. The van der Waals surface area contributed by atoms with Gasteiger partial charge in [-0.25, -0.2) is 0 Å². The number of furan rings is 1. The van der Waals surface area contributed by atoms with Gasteiger partial charge in [-0.05, 0) is 52.8 Å². The fourth-order valence-corrected chi connectivity index (χ4v) is 1.71. The summed E-state index contributed by atoms with van der Waals surface area (Å²) in [5.74, 6) is 2.57. The molecule has 2 heterocycles. The highest BCUT2D eigenvalue weighted by atomic mass is 16.4. The molecule has 19 heavy (non-hydrogen) atoms. The molecule has 0 amide bonds. The molecule has 2 aromatic rings. The average molecular weight is 263 g/mol. The first-order chi connectivity index (χ1) is 8.94. The number of nitrogens with one attached hydrogen (secondary N) is 1. The van der Waals surface area contributed by atoms with Crippen molar-refractivity contribution in [3.63, 3.8) is 0 Å². The predicted octanol–water partition coefficient (Wildman–Crippen LogP) is 2.96. The minimum atomic E-state index is 0.145. The lowest BCUT2D eigenvalue weighted by molar-refractivity contribution is 0.411. The lowest BCUT2D eigenvalue weighted by atomic mass is 10.1. The molecule has 5 nitrogen and oxygen atoms in total. The summed E-state index contributed by atoms with van der Waals surface area (Å²) >= 11 is 0. The molecular weight excluding hydrogens is 242 g/mol. The highest BCUT2D eigenvalue weighted by molar-refractivity contribution is 5.43. The summed E-state index contributed by atoms with van der Waals surface area (Å²) < 4.78 is 11.0. The Morgan fingerprint density at radius 2 is 1.95 bits per heavy atom. The molecular formula is C14H21N3O2. The van der Waals surface area contributed by atoms with Crippen molar-refractivity contribution in [3.05, 3.63) is 23.8 Å². The van der Waals surface area contributed by atoms with E-state index in [9.17, 15) is 0 Å². The first kappa shape index (κ1) is 13.8. The van der Waals surface area contributed by atoms with E-state index in [0.29, 0.717) is 17.5 Å². The molecule has 0 aromatic carbocycles. The van der Waals surface area contributed by atoms with Crippen LogP contribution in [0.15, 0.2) is 21.0 Å². The molecule has 0 unspecified atom stereocenters. The van der Waals surface area contributed by atoms with Crippen molar-refractivity contribution in [1.82, 2.24) is 15.5 Å². The van der Waals surface area contributed by atoms with Gasteiger partial charge in [-0.1, -0.05) is 0 Å². The maximum atomic E-state index is 5.57. The van der Waals surface area contributed by atoms with Crippen molar-refractivity contribution >= 4 is 0 Å². The number of rotatable bonds is 5. The van der Waals surface area contributed by atoms with Gasteiger partial charge in [0, 0.05) is 12.0 Å². The number of nitrogens with zero attached hydrogens (tertiary/aromatic N) is 2. The third kappa shape index (κ3) is 4.21. The van der Waals surface area contributed by atoms with Gasteiger partial charge in [-0.15, -0.1) is 10.2 Å². The maximum Gasteiger partial charge on any atom is 0.283 e. The van der Waals surface area contributed by atoms with Crippen LogP contribution in [0.2, 0.25) is 0 Å². The minimum Gasteiger partial charge on any atom is -0.456 e. The van der Waals surface area contributed by atoms with Gasteiger partial charge in [0.25, 0.3) is 5.89 Å². The molecule has 0 bridgehead atoms. The van der Waals surface area contributed by atoms with Gasteiger partial charge in [0.15, 0.2) is 5.76 Å². The van der Waals surface area contributed by atoms with E-state index in [1.165, 1.54) is 0 Å². The molecule has 2 rings (SSSR count). The Kier molecular flexibility index (Phi) is 4.04. The van der Waals surface area contributed by atoms with E-state index in [1.54, 1.807) is 0 Å². The second kappa shape index (κ2) is 5.57. The third-order valence-electron chi connectivity index (χ3n) is 2.64. The van der Waals surface area contributed by atoms with Gasteiger partial charge >= 0.3 is 0 Å². The quantitative estimate of drug-likeness (QED) is 0.840. The zero-order valence-corrected chi connectivity index (χ0v) is 12.0. The smallest absolute Gasteiger partial charge is 0.283 e. The minimum absolute atomic E-state index is 0.145. The second-order valence-corrected chi connectivity index (χ2v) is 5.69. The van der Waals surface area contributed by atoms with Crippen LogP contribution >= 0.6 is 0 Å². The van der Waals surface area contributed by atoms with Gasteiger partial charge in [-0.3, -0.25) is 0 Å². The number of aromatic nitrogens is 2. The van der Waals surface area contributed by atoms with Gasteiger partial charge in [-0.2, -0.15) is 0 Å². The van der Waals surface area contributed by atoms with E-state index in [-0.39, 0.29) is 5.54 Å². The van der Waals surface area contributed by atoms with Crippen molar-refractivity contribution < 1.29 is 8.83 Å². The van der Waals surface area contributed by atoms with Gasteiger partial charge < -0.3 is 14.2 Å². The van der Waals surface area contributed by atoms with Crippen LogP contribution in [0.25, 0.3) is 11.7 Å². The zero-order valence-electron chi connectivity index (χ0n) is 12.0. The first-order valence-electron chi connectivity index (χ1n) is 6.58. The van der Waals surface area contributed by atoms with Crippen LogP contribution in [0.1, 0.15) is 38.8 Å². The van der Waals surface area contributed by atoms with E-state index in [1.807, 2.05) is 19.1 Å². The van der Waals surface area contributed by atoms with Crippen LogP contribution in [0.5, 0.6) is 0 Å². The van der Waals surface area contributed by atoms with Crippen LogP contribution < -0.4 is 5.32 Å². The van der Waals surface area contributed by atoms with E-state index in [0.717, 1.165) is 25.1 Å². The molecule has 0 aliphatic heterocycles. The summed E-state index contributed by atoms with van der Waals surface area (Å²) in [6, 6.07) is 3.72. The van der Waals surface area contributed by atoms with Gasteiger partial charge in [0.1, 0.15) is 5.76 Å². The average Bonchev–Trinajstić information content (AvgIpc) is 2.92. The number of hydrogen-bond acceptors (Lipinski definition) is 5. The SMILES string of the molecule is Cc1ccc(-c2nnc(CCCNC(C)(C)C)o2)o1. The zero-order chi connectivity index (χ0) is 13.9. The number of hydrogen-bond donors (Lipinski definition) is 1. The van der Waals surface area contributed by atoms with Crippen LogP contribution in [-0.4, -0.2) is 22.3 Å². The van der Waals surface area contributed by atoms with Crippen LogP contribution in [0.3, 0.4) is 0 Å². The van der Waals surface area contributed by atoms with Crippen molar-refractivity contribution in [3.8, 4) is 11.7 Å². The van der Waals surface area contributed by atoms with Crippen molar-refractivity contribution in [2.45, 2.75) is 46.1 Å². The monoisotopic (exact) mass is 263 g/mol. The lowest BCUT2D eigenvalue weighted by Crippen LogP contribution is -2.36. The predicted molar refractivity (Wildman–Crippen MR) is 72.8 cm³/mol. The standard InChI is InChI=1S/C14H21N3O2/c1-10-7-8-11(18-10)13-17-16-12(19-13)6-5-9-15-14(2,3)4/h7-8,15H,5-6,9H2,1-4H3. The molecule has 0 saturated heterocycles. The molecule has 0 spiro atoms. The maximum absolute atomic E-state index is 5.57.